The fourth-order valence-corrected chi connectivity index (χ4v) is 2.39. The van der Waals surface area contributed by atoms with Crippen LogP contribution in [0.3, 0.4) is 0 Å². The van der Waals surface area contributed by atoms with Crippen molar-refractivity contribution >= 4 is 11.6 Å². The van der Waals surface area contributed by atoms with Gasteiger partial charge in [0, 0.05) is 18.8 Å². The molecule has 0 atom stereocenters. The summed E-state index contributed by atoms with van der Waals surface area (Å²) in [6.07, 6.45) is 4.23. The van der Waals surface area contributed by atoms with Crippen LogP contribution in [-0.4, -0.2) is 15.3 Å². The van der Waals surface area contributed by atoms with Crippen molar-refractivity contribution in [2.45, 2.75) is 26.3 Å². The molecule has 0 radical (unpaired) electrons. The van der Waals surface area contributed by atoms with E-state index in [-0.39, 0.29) is 11.7 Å². The maximum Gasteiger partial charge on any atom is 0.220 e. The maximum absolute atomic E-state index is 13.1. The molecule has 0 aliphatic rings. The summed E-state index contributed by atoms with van der Waals surface area (Å²) in [5, 5.41) is 2.85. The first kappa shape index (κ1) is 15.2. The zero-order chi connectivity index (χ0) is 16.2. The van der Waals surface area contributed by atoms with Gasteiger partial charge in [-0.1, -0.05) is 29.8 Å². The summed E-state index contributed by atoms with van der Waals surface area (Å²) >= 11 is 0. The van der Waals surface area contributed by atoms with Crippen molar-refractivity contribution in [2.75, 3.05) is 0 Å². The van der Waals surface area contributed by atoms with Crippen LogP contribution in [0.5, 0.6) is 0 Å². The molecule has 0 saturated carbocycles. The van der Waals surface area contributed by atoms with Crippen molar-refractivity contribution in [3.8, 4) is 0 Å². The number of hydrogen-bond acceptors (Lipinski definition) is 2. The van der Waals surface area contributed by atoms with Gasteiger partial charge in [-0.3, -0.25) is 4.79 Å². The van der Waals surface area contributed by atoms with Gasteiger partial charge in [0.1, 0.15) is 11.5 Å². The van der Waals surface area contributed by atoms with Crippen LogP contribution < -0.4 is 5.32 Å². The number of halogens is 1. The fourth-order valence-electron chi connectivity index (χ4n) is 2.39. The first-order chi connectivity index (χ1) is 11.1. The molecule has 0 bridgehead atoms. The van der Waals surface area contributed by atoms with Crippen molar-refractivity contribution in [3.05, 3.63) is 71.4 Å². The summed E-state index contributed by atoms with van der Waals surface area (Å²) in [4.78, 5) is 16.3. The minimum atomic E-state index is -0.316. The monoisotopic (exact) mass is 311 g/mol. The predicted octanol–water partition coefficient (Wildman–Crippen LogP) is 3.03. The van der Waals surface area contributed by atoms with E-state index in [0.717, 1.165) is 5.56 Å². The summed E-state index contributed by atoms with van der Waals surface area (Å²) in [5.74, 6) is -0.336. The number of fused-ring (bicyclic) bond motifs is 1. The van der Waals surface area contributed by atoms with E-state index < -0.39 is 0 Å². The smallest absolute Gasteiger partial charge is 0.220 e. The lowest BCUT2D eigenvalue weighted by Crippen LogP contribution is -2.23. The molecule has 5 heteroatoms. The van der Waals surface area contributed by atoms with E-state index in [1.807, 2.05) is 31.2 Å². The van der Waals surface area contributed by atoms with E-state index in [2.05, 4.69) is 10.3 Å². The molecule has 0 fully saturated rings. The highest BCUT2D eigenvalue weighted by atomic mass is 19.1. The van der Waals surface area contributed by atoms with E-state index in [1.165, 1.54) is 17.8 Å². The minimum Gasteiger partial charge on any atom is -0.350 e. The number of amides is 1. The molecular formula is C18H18FN3O. The second kappa shape index (κ2) is 6.60. The third kappa shape index (κ3) is 3.94. The number of carbonyl (C=O) groups is 1. The number of nitrogens with zero attached hydrogens (tertiary/aromatic N) is 2. The molecule has 1 amide bonds. The van der Waals surface area contributed by atoms with Crippen molar-refractivity contribution in [2.24, 2.45) is 0 Å². The normalized spacial score (nSPS) is 10.9. The third-order valence-electron chi connectivity index (χ3n) is 3.69. The van der Waals surface area contributed by atoms with Crippen LogP contribution in [0.25, 0.3) is 5.65 Å². The molecule has 0 saturated heterocycles. The van der Waals surface area contributed by atoms with Crippen LogP contribution in [0.1, 0.15) is 23.2 Å². The van der Waals surface area contributed by atoms with Crippen molar-refractivity contribution in [1.82, 2.24) is 14.7 Å². The van der Waals surface area contributed by atoms with E-state index >= 15 is 0 Å². The van der Waals surface area contributed by atoms with E-state index in [9.17, 15) is 9.18 Å². The molecule has 23 heavy (non-hydrogen) atoms. The first-order valence-electron chi connectivity index (χ1n) is 7.55. The third-order valence-corrected chi connectivity index (χ3v) is 3.69. The Balaban J connectivity index is 1.52. The number of nitrogens with one attached hydrogen (secondary N) is 1. The second-order valence-electron chi connectivity index (χ2n) is 5.61. The lowest BCUT2D eigenvalue weighted by atomic mass is 10.1. The number of imidazole rings is 1. The number of carbonyl (C=O) groups excluding carboxylic acids is 1. The largest absolute Gasteiger partial charge is 0.350 e. The molecule has 0 aliphatic heterocycles. The van der Waals surface area contributed by atoms with Gasteiger partial charge in [-0.15, -0.1) is 0 Å². The molecule has 2 heterocycles. The van der Waals surface area contributed by atoms with E-state index in [1.54, 1.807) is 16.7 Å². The Morgan fingerprint density at radius 2 is 1.96 bits per heavy atom. The molecule has 1 N–H and O–H groups in total. The topological polar surface area (TPSA) is 46.4 Å². The zero-order valence-electron chi connectivity index (χ0n) is 12.9. The lowest BCUT2D eigenvalue weighted by molar-refractivity contribution is -0.121. The van der Waals surface area contributed by atoms with Gasteiger partial charge < -0.3 is 9.72 Å². The Morgan fingerprint density at radius 3 is 2.74 bits per heavy atom. The molecule has 3 aromatic rings. The van der Waals surface area contributed by atoms with Crippen LogP contribution >= 0.6 is 0 Å². The standard InChI is InChI=1S/C18H18FN3O/c1-13-2-4-14(5-3-13)6-9-18(23)20-10-16-12-22-11-15(19)7-8-17(22)21-16/h2-5,7-8,11-12H,6,9-10H2,1H3,(H,20,23). The summed E-state index contributed by atoms with van der Waals surface area (Å²) in [7, 11) is 0. The quantitative estimate of drug-likeness (QED) is 0.787. The van der Waals surface area contributed by atoms with E-state index in [0.29, 0.717) is 30.7 Å². The molecule has 118 valence electrons. The lowest BCUT2D eigenvalue weighted by Gasteiger charge is -2.04. The van der Waals surface area contributed by atoms with Crippen LogP contribution in [0, 0.1) is 12.7 Å². The predicted molar refractivity (Wildman–Crippen MR) is 86.5 cm³/mol. The van der Waals surface area contributed by atoms with Crippen molar-refractivity contribution in [3.63, 3.8) is 0 Å². The molecule has 0 spiro atoms. The Bertz CT molecular complexity index is 824. The summed E-state index contributed by atoms with van der Waals surface area (Å²) < 4.78 is 14.7. The number of benzene rings is 1. The van der Waals surface area contributed by atoms with E-state index in [4.69, 9.17) is 0 Å². The summed E-state index contributed by atoms with van der Waals surface area (Å²) in [6.45, 7) is 2.38. The van der Waals surface area contributed by atoms with Crippen molar-refractivity contribution in [1.29, 1.82) is 0 Å². The number of hydrogen-bond donors (Lipinski definition) is 1. The van der Waals surface area contributed by atoms with Gasteiger partial charge in [-0.05, 0) is 31.0 Å². The van der Waals surface area contributed by atoms with Gasteiger partial charge in [-0.2, -0.15) is 0 Å². The molecular weight excluding hydrogens is 293 g/mol. The number of aryl methyl sites for hydroxylation is 2. The zero-order valence-corrected chi connectivity index (χ0v) is 12.9. The van der Waals surface area contributed by atoms with Crippen LogP contribution in [-0.2, 0) is 17.8 Å². The summed E-state index contributed by atoms with van der Waals surface area (Å²) in [5.41, 5.74) is 3.73. The molecule has 3 rings (SSSR count). The Labute approximate surface area is 134 Å². The van der Waals surface area contributed by atoms with Gasteiger partial charge >= 0.3 is 0 Å². The molecule has 1 aromatic carbocycles. The Morgan fingerprint density at radius 1 is 1.17 bits per heavy atom. The van der Waals surface area contributed by atoms with Gasteiger partial charge in [0.05, 0.1) is 12.2 Å². The number of aromatic nitrogens is 2. The highest BCUT2D eigenvalue weighted by molar-refractivity contribution is 5.76. The van der Waals surface area contributed by atoms with Crippen LogP contribution in [0.4, 0.5) is 4.39 Å². The first-order valence-corrected chi connectivity index (χ1v) is 7.55. The fraction of sp³-hybridized carbons (Fsp3) is 0.222. The van der Waals surface area contributed by atoms with Gasteiger partial charge in [-0.25, -0.2) is 9.37 Å². The maximum atomic E-state index is 13.1. The van der Waals surface area contributed by atoms with Crippen LogP contribution in [0.15, 0.2) is 48.8 Å². The van der Waals surface area contributed by atoms with Crippen molar-refractivity contribution < 1.29 is 9.18 Å². The Hall–Kier alpha value is -2.69. The highest BCUT2D eigenvalue weighted by Crippen LogP contribution is 2.08. The Kier molecular flexibility index (Phi) is 4.37. The average molecular weight is 311 g/mol. The molecule has 2 aromatic heterocycles. The van der Waals surface area contributed by atoms with Gasteiger partial charge in [0.2, 0.25) is 5.91 Å². The number of rotatable bonds is 5. The number of pyridine rings is 1. The summed E-state index contributed by atoms with van der Waals surface area (Å²) in [6, 6.07) is 11.1. The molecule has 0 aliphatic carbocycles. The average Bonchev–Trinajstić information content (AvgIpc) is 2.94. The van der Waals surface area contributed by atoms with Gasteiger partial charge in [0.15, 0.2) is 0 Å². The molecule has 0 unspecified atom stereocenters. The van der Waals surface area contributed by atoms with Crippen LogP contribution in [0.2, 0.25) is 0 Å². The molecule has 4 nitrogen and oxygen atoms in total. The second-order valence-corrected chi connectivity index (χ2v) is 5.61. The SMILES string of the molecule is Cc1ccc(CCC(=O)NCc2cn3cc(F)ccc3n2)cc1. The minimum absolute atomic E-state index is 0.0196. The highest BCUT2D eigenvalue weighted by Gasteiger charge is 2.06. The van der Waals surface area contributed by atoms with Gasteiger partial charge in [0.25, 0.3) is 0 Å².